The van der Waals surface area contributed by atoms with Crippen LogP contribution in [-0.2, 0) is 4.79 Å². The molecule has 0 radical (unpaired) electrons. The summed E-state index contributed by atoms with van der Waals surface area (Å²) in [6, 6.07) is 0. The minimum Gasteiger partial charge on any atom is -0.396 e. The highest BCUT2D eigenvalue weighted by Gasteiger charge is 2.44. The average molecular weight is 338 g/mol. The molecule has 5 nitrogen and oxygen atoms in total. The Morgan fingerprint density at radius 3 is 2.33 bits per heavy atom. The summed E-state index contributed by atoms with van der Waals surface area (Å²) in [5.74, 6) is 0.981. The number of aliphatic hydroxyl groups excluding tert-OH is 1. The Kier molecular flexibility index (Phi) is 6.17. The highest BCUT2D eigenvalue weighted by Crippen LogP contribution is 2.30. The van der Waals surface area contributed by atoms with E-state index in [1.165, 1.54) is 32.1 Å². The molecule has 2 saturated heterocycles. The zero-order chi connectivity index (χ0) is 17.0. The lowest BCUT2D eigenvalue weighted by atomic mass is 9.86. The van der Waals surface area contributed by atoms with Crippen LogP contribution in [0.3, 0.4) is 0 Å². The first kappa shape index (κ1) is 18.2. The van der Waals surface area contributed by atoms with Gasteiger partial charge in [0.05, 0.1) is 0 Å². The number of aliphatic hydroxyl groups is 2. The molecule has 2 N–H and O–H groups in total. The van der Waals surface area contributed by atoms with Gasteiger partial charge in [-0.2, -0.15) is 0 Å². The van der Waals surface area contributed by atoms with Gasteiger partial charge in [-0.1, -0.05) is 19.3 Å². The minimum absolute atomic E-state index is 0.0383. The fourth-order valence-electron chi connectivity index (χ4n) is 4.76. The third-order valence-electron chi connectivity index (χ3n) is 6.36. The molecule has 0 aromatic rings. The number of carbonyl (C=O) groups excluding carboxylic acids is 1. The summed E-state index contributed by atoms with van der Waals surface area (Å²) in [5.41, 5.74) is -1.20. The standard InChI is InChI=1S/C19H34N2O3/c22-14-17-7-11-20(12-8-17)15-19(24)9-4-10-21(18(19)23)13-16-5-2-1-3-6-16/h16-17,22,24H,1-15H2/t19-/m0/s1. The predicted molar refractivity (Wildman–Crippen MR) is 93.6 cm³/mol. The molecule has 5 heteroatoms. The monoisotopic (exact) mass is 338 g/mol. The Hall–Kier alpha value is -0.650. The van der Waals surface area contributed by atoms with Crippen molar-refractivity contribution < 1.29 is 15.0 Å². The Morgan fingerprint density at radius 1 is 0.958 bits per heavy atom. The van der Waals surface area contributed by atoms with Gasteiger partial charge in [0.15, 0.2) is 5.60 Å². The van der Waals surface area contributed by atoms with Gasteiger partial charge in [0.2, 0.25) is 0 Å². The molecule has 138 valence electrons. The smallest absolute Gasteiger partial charge is 0.255 e. The van der Waals surface area contributed by atoms with Crippen molar-refractivity contribution in [3.63, 3.8) is 0 Å². The van der Waals surface area contributed by atoms with E-state index in [4.69, 9.17) is 0 Å². The number of piperidine rings is 2. The number of amides is 1. The third kappa shape index (κ3) is 4.30. The number of hydrogen-bond donors (Lipinski definition) is 2. The maximum Gasteiger partial charge on any atom is 0.255 e. The van der Waals surface area contributed by atoms with E-state index in [1.54, 1.807) is 0 Å². The summed E-state index contributed by atoms with van der Waals surface area (Å²) < 4.78 is 0. The van der Waals surface area contributed by atoms with E-state index >= 15 is 0 Å². The number of nitrogens with zero attached hydrogens (tertiary/aromatic N) is 2. The Balaban J connectivity index is 1.54. The van der Waals surface area contributed by atoms with Crippen molar-refractivity contribution in [1.82, 2.24) is 9.80 Å². The SMILES string of the molecule is O=C1N(CC2CCCCC2)CCC[C@]1(O)CN1CCC(CO)CC1. The van der Waals surface area contributed by atoms with Crippen LogP contribution in [-0.4, -0.2) is 70.9 Å². The molecule has 0 aromatic heterocycles. The molecule has 0 spiro atoms. The van der Waals surface area contributed by atoms with Crippen molar-refractivity contribution in [2.45, 2.75) is 63.4 Å². The summed E-state index contributed by atoms with van der Waals surface area (Å²) in [7, 11) is 0. The molecule has 2 aliphatic heterocycles. The second kappa shape index (κ2) is 8.15. The van der Waals surface area contributed by atoms with Crippen LogP contribution in [0.5, 0.6) is 0 Å². The quantitative estimate of drug-likeness (QED) is 0.800. The fourth-order valence-corrected chi connectivity index (χ4v) is 4.76. The van der Waals surface area contributed by atoms with E-state index in [0.717, 1.165) is 45.4 Å². The van der Waals surface area contributed by atoms with Gasteiger partial charge in [0.25, 0.3) is 5.91 Å². The number of hydrogen-bond acceptors (Lipinski definition) is 4. The van der Waals surface area contributed by atoms with Crippen molar-refractivity contribution in [1.29, 1.82) is 0 Å². The third-order valence-corrected chi connectivity index (χ3v) is 6.36. The maximum absolute atomic E-state index is 12.9. The van der Waals surface area contributed by atoms with Crippen LogP contribution in [0.2, 0.25) is 0 Å². The van der Waals surface area contributed by atoms with Crippen LogP contribution in [0.15, 0.2) is 0 Å². The van der Waals surface area contributed by atoms with Gasteiger partial charge in [-0.3, -0.25) is 9.69 Å². The molecule has 1 amide bonds. The van der Waals surface area contributed by atoms with Crippen LogP contribution < -0.4 is 0 Å². The molecule has 1 aliphatic carbocycles. The molecular weight excluding hydrogens is 304 g/mol. The average Bonchev–Trinajstić information content (AvgIpc) is 2.61. The van der Waals surface area contributed by atoms with Gasteiger partial charge in [0.1, 0.15) is 0 Å². The summed E-state index contributed by atoms with van der Waals surface area (Å²) in [4.78, 5) is 17.1. The van der Waals surface area contributed by atoms with Gasteiger partial charge in [0, 0.05) is 26.2 Å². The maximum atomic E-state index is 12.9. The van der Waals surface area contributed by atoms with E-state index in [2.05, 4.69) is 4.90 Å². The number of rotatable bonds is 5. The second-order valence-electron chi connectivity index (χ2n) is 8.29. The molecule has 0 aromatic carbocycles. The summed E-state index contributed by atoms with van der Waals surface area (Å²) in [5, 5.41) is 20.3. The van der Waals surface area contributed by atoms with Gasteiger partial charge in [-0.05, 0) is 63.5 Å². The van der Waals surface area contributed by atoms with Crippen LogP contribution in [0.1, 0.15) is 57.8 Å². The Labute approximate surface area is 146 Å². The molecule has 3 aliphatic rings. The molecule has 2 heterocycles. The molecule has 3 fully saturated rings. The van der Waals surface area contributed by atoms with E-state index in [0.29, 0.717) is 24.8 Å². The van der Waals surface area contributed by atoms with Crippen LogP contribution >= 0.6 is 0 Å². The van der Waals surface area contributed by atoms with Crippen LogP contribution in [0, 0.1) is 11.8 Å². The van der Waals surface area contributed by atoms with E-state index < -0.39 is 5.60 Å². The summed E-state index contributed by atoms with van der Waals surface area (Å²) in [6.07, 6.45) is 9.80. The number of carbonyl (C=O) groups is 1. The summed E-state index contributed by atoms with van der Waals surface area (Å²) >= 11 is 0. The minimum atomic E-state index is -1.20. The lowest BCUT2D eigenvalue weighted by Crippen LogP contribution is -2.60. The molecule has 0 bridgehead atoms. The first-order chi connectivity index (χ1) is 11.6. The highest BCUT2D eigenvalue weighted by atomic mass is 16.3. The van der Waals surface area contributed by atoms with E-state index in [-0.39, 0.29) is 12.5 Å². The first-order valence-electron chi connectivity index (χ1n) is 9.96. The lowest BCUT2D eigenvalue weighted by molar-refractivity contribution is -0.161. The van der Waals surface area contributed by atoms with Crippen molar-refractivity contribution in [3.8, 4) is 0 Å². The van der Waals surface area contributed by atoms with Gasteiger partial charge in [-0.15, -0.1) is 0 Å². The molecular formula is C19H34N2O3. The Bertz CT molecular complexity index is 417. The molecule has 1 saturated carbocycles. The normalized spacial score (nSPS) is 31.6. The largest absolute Gasteiger partial charge is 0.396 e. The van der Waals surface area contributed by atoms with Gasteiger partial charge >= 0.3 is 0 Å². The molecule has 3 rings (SSSR count). The zero-order valence-electron chi connectivity index (χ0n) is 15.0. The lowest BCUT2D eigenvalue weighted by Gasteiger charge is -2.43. The number of likely N-dealkylation sites (tertiary alicyclic amines) is 2. The predicted octanol–water partition coefficient (Wildman–Crippen LogP) is 1.62. The highest BCUT2D eigenvalue weighted by molar-refractivity contribution is 5.86. The van der Waals surface area contributed by atoms with Crippen molar-refractivity contribution >= 4 is 5.91 Å². The molecule has 0 unspecified atom stereocenters. The van der Waals surface area contributed by atoms with Gasteiger partial charge in [-0.25, -0.2) is 0 Å². The molecule has 24 heavy (non-hydrogen) atoms. The first-order valence-corrected chi connectivity index (χ1v) is 9.96. The van der Waals surface area contributed by atoms with Crippen LogP contribution in [0.4, 0.5) is 0 Å². The molecule has 1 atom stereocenters. The topological polar surface area (TPSA) is 64.0 Å². The van der Waals surface area contributed by atoms with Crippen molar-refractivity contribution in [2.24, 2.45) is 11.8 Å². The number of β-amino-alcohol motifs (C(OH)–C–C–N with tert-alkyl or cyclic N) is 1. The van der Waals surface area contributed by atoms with Crippen molar-refractivity contribution in [2.75, 3.05) is 39.3 Å². The Morgan fingerprint density at radius 2 is 1.67 bits per heavy atom. The van der Waals surface area contributed by atoms with Crippen molar-refractivity contribution in [3.05, 3.63) is 0 Å². The van der Waals surface area contributed by atoms with E-state index in [9.17, 15) is 15.0 Å². The van der Waals surface area contributed by atoms with Gasteiger partial charge < -0.3 is 15.1 Å². The fraction of sp³-hybridized carbons (Fsp3) is 0.947. The van der Waals surface area contributed by atoms with Crippen LogP contribution in [0.25, 0.3) is 0 Å². The van der Waals surface area contributed by atoms with E-state index in [1.807, 2.05) is 4.90 Å². The zero-order valence-corrected chi connectivity index (χ0v) is 15.0. The summed E-state index contributed by atoms with van der Waals surface area (Å²) in [6.45, 7) is 4.13. The second-order valence-corrected chi connectivity index (χ2v) is 8.29.